The highest BCUT2D eigenvalue weighted by atomic mass is 32.3. The first-order chi connectivity index (χ1) is 13.0. The van der Waals surface area contributed by atoms with E-state index in [2.05, 4.69) is 24.4 Å². The van der Waals surface area contributed by atoms with E-state index in [1.54, 1.807) is 0 Å². The van der Waals surface area contributed by atoms with Crippen LogP contribution in [0, 0.1) is 0 Å². The van der Waals surface area contributed by atoms with Crippen molar-refractivity contribution in [2.45, 2.75) is 49.8 Å². The van der Waals surface area contributed by atoms with Crippen LogP contribution in [-0.2, 0) is 13.0 Å². The van der Waals surface area contributed by atoms with Crippen LogP contribution in [0.15, 0.2) is 53.4 Å². The van der Waals surface area contributed by atoms with Gasteiger partial charge in [0.1, 0.15) is 5.75 Å². The van der Waals surface area contributed by atoms with Gasteiger partial charge < -0.3 is 4.74 Å². The first-order valence-electron chi connectivity index (χ1n) is 9.61. The monoisotopic (exact) mass is 388 g/mol. The van der Waals surface area contributed by atoms with E-state index in [0.717, 1.165) is 43.5 Å². The van der Waals surface area contributed by atoms with Gasteiger partial charge in [0.2, 0.25) is 0 Å². The van der Waals surface area contributed by atoms with Crippen molar-refractivity contribution in [3.8, 4) is 5.75 Å². The SMILES string of the molecule is CC1(NCCCCN2Cc3ccccc3S2(O)O)CCc2ccccc2O1. The third kappa shape index (κ3) is 3.86. The molecule has 3 N–H and O–H groups in total. The zero-order chi connectivity index (χ0) is 18.9. The third-order valence-electron chi connectivity index (χ3n) is 5.49. The molecule has 1 unspecified atom stereocenters. The van der Waals surface area contributed by atoms with Crippen LogP contribution >= 0.6 is 10.8 Å². The number of aryl methyl sites for hydroxylation is 1. The highest BCUT2D eigenvalue weighted by molar-refractivity contribution is 8.22. The number of ether oxygens (including phenoxy) is 1. The van der Waals surface area contributed by atoms with Crippen molar-refractivity contribution in [1.29, 1.82) is 0 Å². The average molecular weight is 389 g/mol. The third-order valence-corrected chi connectivity index (χ3v) is 7.51. The number of nitrogens with one attached hydrogen (secondary N) is 1. The fourth-order valence-electron chi connectivity index (χ4n) is 3.89. The Morgan fingerprint density at radius 1 is 1.07 bits per heavy atom. The highest BCUT2D eigenvalue weighted by Gasteiger charge is 2.34. The lowest BCUT2D eigenvalue weighted by Crippen LogP contribution is -2.50. The van der Waals surface area contributed by atoms with E-state index in [1.807, 2.05) is 40.7 Å². The number of rotatable bonds is 6. The number of para-hydroxylation sites is 1. The number of benzene rings is 2. The molecule has 2 aromatic carbocycles. The molecule has 0 aliphatic carbocycles. The normalized spacial score (nSPS) is 24.7. The number of fused-ring (bicyclic) bond motifs is 2. The molecule has 6 heteroatoms. The van der Waals surface area contributed by atoms with Crippen LogP contribution in [0.1, 0.15) is 37.3 Å². The summed E-state index contributed by atoms with van der Waals surface area (Å²) in [6, 6.07) is 15.8. The molecule has 2 heterocycles. The Labute approximate surface area is 162 Å². The molecular formula is C21H28N2O3S. The molecule has 2 aliphatic rings. The molecule has 1 atom stereocenters. The van der Waals surface area contributed by atoms with Gasteiger partial charge in [-0.25, -0.2) is 0 Å². The van der Waals surface area contributed by atoms with E-state index in [4.69, 9.17) is 4.74 Å². The molecule has 0 aromatic heterocycles. The summed E-state index contributed by atoms with van der Waals surface area (Å²) in [4.78, 5) is 0.685. The van der Waals surface area contributed by atoms with E-state index in [1.165, 1.54) is 5.56 Å². The summed E-state index contributed by atoms with van der Waals surface area (Å²) in [5, 5.41) is 3.54. The van der Waals surface area contributed by atoms with Crippen molar-refractivity contribution < 1.29 is 13.8 Å². The Kier molecular flexibility index (Phi) is 5.18. The summed E-state index contributed by atoms with van der Waals surface area (Å²) >= 11 is 0. The van der Waals surface area contributed by atoms with Gasteiger partial charge in [0, 0.05) is 19.5 Å². The predicted molar refractivity (Wildman–Crippen MR) is 109 cm³/mol. The molecule has 5 nitrogen and oxygen atoms in total. The van der Waals surface area contributed by atoms with Crippen LogP contribution in [0.3, 0.4) is 0 Å². The lowest BCUT2D eigenvalue weighted by atomic mass is 9.99. The maximum Gasteiger partial charge on any atom is 0.158 e. The van der Waals surface area contributed by atoms with E-state index in [9.17, 15) is 9.11 Å². The van der Waals surface area contributed by atoms with Crippen LogP contribution in [-0.4, -0.2) is 32.2 Å². The minimum atomic E-state index is -2.81. The Morgan fingerprint density at radius 3 is 2.63 bits per heavy atom. The zero-order valence-electron chi connectivity index (χ0n) is 15.7. The summed E-state index contributed by atoms with van der Waals surface area (Å²) in [6.07, 6.45) is 3.84. The van der Waals surface area contributed by atoms with Crippen molar-refractivity contribution >= 4 is 10.8 Å². The molecule has 0 fully saturated rings. The zero-order valence-corrected chi connectivity index (χ0v) is 16.5. The largest absolute Gasteiger partial charge is 0.473 e. The van der Waals surface area contributed by atoms with Crippen molar-refractivity contribution in [2.75, 3.05) is 13.1 Å². The molecule has 146 valence electrons. The molecule has 0 spiro atoms. The fraction of sp³-hybridized carbons (Fsp3) is 0.429. The fourth-order valence-corrected chi connectivity index (χ4v) is 5.62. The van der Waals surface area contributed by atoms with Crippen LogP contribution in [0.4, 0.5) is 0 Å². The van der Waals surface area contributed by atoms with E-state index < -0.39 is 10.8 Å². The van der Waals surface area contributed by atoms with Gasteiger partial charge in [0.05, 0.1) is 4.90 Å². The summed E-state index contributed by atoms with van der Waals surface area (Å²) in [6.45, 7) is 4.25. The lowest BCUT2D eigenvalue weighted by molar-refractivity contribution is 0.0302. The van der Waals surface area contributed by atoms with Crippen LogP contribution in [0.25, 0.3) is 0 Å². The maximum absolute atomic E-state index is 10.5. The molecule has 0 bridgehead atoms. The molecule has 0 saturated heterocycles. The Morgan fingerprint density at radius 2 is 1.81 bits per heavy atom. The molecule has 0 amide bonds. The number of nitrogens with zero attached hydrogens (tertiary/aromatic N) is 1. The Bertz CT molecular complexity index is 814. The first kappa shape index (κ1) is 18.8. The summed E-state index contributed by atoms with van der Waals surface area (Å²) in [7, 11) is -2.81. The molecule has 0 radical (unpaired) electrons. The average Bonchev–Trinajstić information content (AvgIpc) is 2.92. The van der Waals surface area contributed by atoms with Crippen LogP contribution in [0.2, 0.25) is 0 Å². The van der Waals surface area contributed by atoms with Crippen molar-refractivity contribution in [2.24, 2.45) is 0 Å². The molecule has 2 aliphatic heterocycles. The molecule has 0 saturated carbocycles. The van der Waals surface area contributed by atoms with Crippen molar-refractivity contribution in [3.05, 3.63) is 59.7 Å². The number of unbranched alkanes of at least 4 members (excludes halogenated alkanes) is 1. The van der Waals surface area contributed by atoms with E-state index >= 15 is 0 Å². The van der Waals surface area contributed by atoms with Crippen molar-refractivity contribution in [3.63, 3.8) is 0 Å². The van der Waals surface area contributed by atoms with Gasteiger partial charge in [0.15, 0.2) is 5.72 Å². The molecule has 27 heavy (non-hydrogen) atoms. The highest BCUT2D eigenvalue weighted by Crippen LogP contribution is 2.58. The summed E-state index contributed by atoms with van der Waals surface area (Å²) in [5.41, 5.74) is 1.97. The minimum absolute atomic E-state index is 0.332. The van der Waals surface area contributed by atoms with Gasteiger partial charge in [-0.1, -0.05) is 36.4 Å². The van der Waals surface area contributed by atoms with Crippen LogP contribution < -0.4 is 10.1 Å². The molecule has 4 rings (SSSR count). The van der Waals surface area contributed by atoms with Gasteiger partial charge in [-0.2, -0.15) is 4.31 Å². The maximum atomic E-state index is 10.5. The van der Waals surface area contributed by atoms with E-state index in [-0.39, 0.29) is 5.72 Å². The smallest absolute Gasteiger partial charge is 0.158 e. The van der Waals surface area contributed by atoms with Crippen LogP contribution in [0.5, 0.6) is 5.75 Å². The standard InChI is InChI=1S/C21H28N2O3S/c1-21(13-12-17-8-2-4-10-19(17)26-21)22-14-6-7-15-23-16-18-9-3-5-11-20(18)27(23,24)25/h2-5,8-11,22,24-25H,6-7,12-16H2,1H3. The summed E-state index contributed by atoms with van der Waals surface area (Å²) < 4.78 is 29.0. The Hall–Kier alpha value is -1.57. The quantitative estimate of drug-likeness (QED) is 0.629. The second-order valence-electron chi connectivity index (χ2n) is 7.56. The molecular weight excluding hydrogens is 360 g/mol. The lowest BCUT2D eigenvalue weighted by Gasteiger charge is -2.38. The number of hydrogen-bond donors (Lipinski definition) is 3. The minimum Gasteiger partial charge on any atom is -0.473 e. The number of hydrogen-bond acceptors (Lipinski definition) is 5. The van der Waals surface area contributed by atoms with Gasteiger partial charge in [-0.3, -0.25) is 14.4 Å². The summed E-state index contributed by atoms with van der Waals surface area (Å²) in [5.74, 6) is 0.975. The van der Waals surface area contributed by atoms with Gasteiger partial charge in [0.25, 0.3) is 0 Å². The second-order valence-corrected chi connectivity index (χ2v) is 9.56. The van der Waals surface area contributed by atoms with E-state index in [0.29, 0.717) is 18.0 Å². The van der Waals surface area contributed by atoms with Gasteiger partial charge in [-0.05, 0) is 56.0 Å². The second kappa shape index (κ2) is 7.45. The topological polar surface area (TPSA) is 65.0 Å². The Balaban J connectivity index is 1.24. The molecule has 2 aromatic rings. The van der Waals surface area contributed by atoms with Crippen molar-refractivity contribution in [1.82, 2.24) is 9.62 Å². The first-order valence-corrected chi connectivity index (χ1v) is 11.1. The van der Waals surface area contributed by atoms with Gasteiger partial charge >= 0.3 is 0 Å². The van der Waals surface area contributed by atoms with Gasteiger partial charge in [-0.15, -0.1) is 10.8 Å². The predicted octanol–water partition coefficient (Wildman–Crippen LogP) is 4.64.